The molecule has 0 unspecified atom stereocenters. The van der Waals surface area contributed by atoms with Crippen LogP contribution < -0.4 is 11.1 Å². The molecule has 0 spiro atoms. The van der Waals surface area contributed by atoms with Crippen LogP contribution in [0.3, 0.4) is 0 Å². The lowest BCUT2D eigenvalue weighted by atomic mass is 10.2. The normalized spacial score (nSPS) is 10.3. The summed E-state index contributed by atoms with van der Waals surface area (Å²) in [4.78, 5) is 12.1. The van der Waals surface area contributed by atoms with Gasteiger partial charge in [0.2, 0.25) is 0 Å². The van der Waals surface area contributed by atoms with Crippen LogP contribution in [0.15, 0.2) is 40.9 Å². The highest BCUT2D eigenvalue weighted by Gasteiger charge is 2.10. The van der Waals surface area contributed by atoms with E-state index in [-0.39, 0.29) is 5.91 Å². The van der Waals surface area contributed by atoms with Crippen molar-refractivity contribution in [3.8, 4) is 0 Å². The molecule has 2 rings (SSSR count). The summed E-state index contributed by atoms with van der Waals surface area (Å²) < 4.78 is 0.736. The Morgan fingerprint density at radius 3 is 2.53 bits per heavy atom. The van der Waals surface area contributed by atoms with Gasteiger partial charge in [-0.2, -0.15) is 0 Å². The van der Waals surface area contributed by atoms with Crippen molar-refractivity contribution in [2.75, 3.05) is 11.1 Å². The van der Waals surface area contributed by atoms with Gasteiger partial charge in [0, 0.05) is 20.7 Å². The molecule has 19 heavy (non-hydrogen) atoms. The first-order chi connectivity index (χ1) is 8.95. The lowest BCUT2D eigenvalue weighted by Gasteiger charge is -2.08. The van der Waals surface area contributed by atoms with Crippen LogP contribution in [-0.2, 0) is 0 Å². The number of benzene rings is 2. The van der Waals surface area contributed by atoms with Crippen molar-refractivity contribution in [2.45, 2.75) is 0 Å². The van der Waals surface area contributed by atoms with Gasteiger partial charge in [-0.25, -0.2) is 0 Å². The lowest BCUT2D eigenvalue weighted by molar-refractivity contribution is 0.102. The highest BCUT2D eigenvalue weighted by molar-refractivity contribution is 9.10. The zero-order valence-electron chi connectivity index (χ0n) is 9.58. The van der Waals surface area contributed by atoms with Crippen LogP contribution in [0.1, 0.15) is 10.4 Å². The van der Waals surface area contributed by atoms with Crippen molar-refractivity contribution < 1.29 is 4.79 Å². The van der Waals surface area contributed by atoms with Crippen molar-refractivity contribution in [1.82, 2.24) is 0 Å². The number of carbonyl (C=O) groups excluding carboxylic acids is 1. The largest absolute Gasteiger partial charge is 0.399 e. The number of amides is 1. The first-order valence-corrected chi connectivity index (χ1v) is 6.83. The minimum atomic E-state index is -0.294. The predicted octanol–water partition coefficient (Wildman–Crippen LogP) is 4.59. The summed E-state index contributed by atoms with van der Waals surface area (Å²) in [6.07, 6.45) is 0. The van der Waals surface area contributed by atoms with Crippen LogP contribution in [0.5, 0.6) is 0 Å². The molecule has 0 fully saturated rings. The summed E-state index contributed by atoms with van der Waals surface area (Å²) in [6, 6.07) is 9.84. The van der Waals surface area contributed by atoms with Crippen molar-refractivity contribution in [3.63, 3.8) is 0 Å². The van der Waals surface area contributed by atoms with Gasteiger partial charge in [0.25, 0.3) is 5.91 Å². The summed E-state index contributed by atoms with van der Waals surface area (Å²) >= 11 is 15.1. The molecule has 6 heteroatoms. The molecule has 0 aromatic heterocycles. The summed E-state index contributed by atoms with van der Waals surface area (Å²) in [7, 11) is 0. The molecule has 0 aliphatic carbocycles. The Morgan fingerprint density at radius 1 is 1.16 bits per heavy atom. The third kappa shape index (κ3) is 3.62. The third-order valence-electron chi connectivity index (χ3n) is 2.36. The zero-order chi connectivity index (χ0) is 14.0. The predicted molar refractivity (Wildman–Crippen MR) is 83.0 cm³/mol. The number of nitrogen functional groups attached to an aromatic ring is 1. The molecule has 0 aliphatic heterocycles. The van der Waals surface area contributed by atoms with E-state index in [0.717, 1.165) is 4.47 Å². The van der Waals surface area contributed by atoms with Gasteiger partial charge >= 0.3 is 0 Å². The SMILES string of the molecule is Nc1cc(Br)cc(C(=O)Nc2ccc(Cl)cc2Cl)c1. The van der Waals surface area contributed by atoms with Crippen LogP contribution in [-0.4, -0.2) is 5.91 Å². The number of halogens is 3. The molecule has 0 heterocycles. The molecule has 1 amide bonds. The summed E-state index contributed by atoms with van der Waals surface area (Å²) in [5.41, 5.74) is 7.13. The third-order valence-corrected chi connectivity index (χ3v) is 3.37. The smallest absolute Gasteiger partial charge is 0.255 e. The Kier molecular flexibility index (Phi) is 4.34. The molecular formula is C13H9BrCl2N2O. The number of nitrogens with one attached hydrogen (secondary N) is 1. The zero-order valence-corrected chi connectivity index (χ0v) is 12.7. The minimum Gasteiger partial charge on any atom is -0.399 e. The quantitative estimate of drug-likeness (QED) is 0.770. The topological polar surface area (TPSA) is 55.1 Å². The number of hydrogen-bond donors (Lipinski definition) is 2. The second-order valence-corrected chi connectivity index (χ2v) is 5.61. The van der Waals surface area contributed by atoms with Gasteiger partial charge in [0.15, 0.2) is 0 Å². The standard InChI is InChI=1S/C13H9BrCl2N2O/c14-8-3-7(4-10(17)5-8)13(19)18-12-2-1-9(15)6-11(12)16/h1-6H,17H2,(H,18,19). The fraction of sp³-hybridized carbons (Fsp3) is 0. The number of carbonyl (C=O) groups is 1. The van der Waals surface area contributed by atoms with E-state index >= 15 is 0 Å². The Hall–Kier alpha value is -1.23. The number of anilines is 2. The lowest BCUT2D eigenvalue weighted by Crippen LogP contribution is -2.12. The first kappa shape index (κ1) is 14.2. The summed E-state index contributed by atoms with van der Waals surface area (Å²) in [6.45, 7) is 0. The fourth-order valence-electron chi connectivity index (χ4n) is 1.53. The fourth-order valence-corrected chi connectivity index (χ4v) is 2.50. The Labute approximate surface area is 128 Å². The molecule has 98 valence electrons. The van der Waals surface area contributed by atoms with E-state index in [0.29, 0.717) is 27.0 Å². The average Bonchev–Trinajstić information content (AvgIpc) is 2.31. The Balaban J connectivity index is 2.25. The average molecular weight is 360 g/mol. The molecule has 0 aliphatic rings. The molecule has 0 atom stereocenters. The molecule has 2 aromatic carbocycles. The van der Waals surface area contributed by atoms with E-state index in [1.165, 1.54) is 0 Å². The maximum atomic E-state index is 12.1. The first-order valence-electron chi connectivity index (χ1n) is 5.28. The molecule has 0 radical (unpaired) electrons. The van der Waals surface area contributed by atoms with E-state index in [4.69, 9.17) is 28.9 Å². The maximum Gasteiger partial charge on any atom is 0.255 e. The maximum absolute atomic E-state index is 12.1. The van der Waals surface area contributed by atoms with E-state index in [1.807, 2.05) is 0 Å². The van der Waals surface area contributed by atoms with E-state index in [9.17, 15) is 4.79 Å². The van der Waals surface area contributed by atoms with Crippen LogP contribution in [0.25, 0.3) is 0 Å². The summed E-state index contributed by atoms with van der Waals surface area (Å²) in [5, 5.41) is 3.59. The van der Waals surface area contributed by atoms with Crippen molar-refractivity contribution in [3.05, 3.63) is 56.5 Å². The molecule has 0 bridgehead atoms. The van der Waals surface area contributed by atoms with Gasteiger partial charge in [-0.15, -0.1) is 0 Å². The molecule has 2 aromatic rings. The van der Waals surface area contributed by atoms with Gasteiger partial charge in [-0.1, -0.05) is 39.1 Å². The minimum absolute atomic E-state index is 0.294. The number of nitrogens with two attached hydrogens (primary N) is 1. The molecule has 0 saturated carbocycles. The van der Waals surface area contributed by atoms with Crippen molar-refractivity contribution in [2.24, 2.45) is 0 Å². The second kappa shape index (κ2) is 5.82. The highest BCUT2D eigenvalue weighted by atomic mass is 79.9. The van der Waals surface area contributed by atoms with E-state index in [1.54, 1.807) is 36.4 Å². The van der Waals surface area contributed by atoms with Gasteiger partial charge in [0.05, 0.1) is 10.7 Å². The highest BCUT2D eigenvalue weighted by Crippen LogP contribution is 2.26. The van der Waals surface area contributed by atoms with Gasteiger partial charge in [-0.3, -0.25) is 4.79 Å². The summed E-state index contributed by atoms with van der Waals surface area (Å²) in [5.74, 6) is -0.294. The monoisotopic (exact) mass is 358 g/mol. The van der Waals surface area contributed by atoms with Gasteiger partial charge in [0.1, 0.15) is 0 Å². The van der Waals surface area contributed by atoms with Crippen molar-refractivity contribution >= 4 is 56.4 Å². The second-order valence-electron chi connectivity index (χ2n) is 3.85. The van der Waals surface area contributed by atoms with E-state index < -0.39 is 0 Å². The number of rotatable bonds is 2. The number of hydrogen-bond acceptors (Lipinski definition) is 2. The van der Waals surface area contributed by atoms with E-state index in [2.05, 4.69) is 21.2 Å². The van der Waals surface area contributed by atoms with Crippen LogP contribution >= 0.6 is 39.1 Å². The Morgan fingerprint density at radius 2 is 1.89 bits per heavy atom. The van der Waals surface area contributed by atoms with Crippen LogP contribution in [0, 0.1) is 0 Å². The van der Waals surface area contributed by atoms with Crippen molar-refractivity contribution in [1.29, 1.82) is 0 Å². The van der Waals surface area contributed by atoms with Gasteiger partial charge in [-0.05, 0) is 36.4 Å². The molecule has 0 saturated heterocycles. The van der Waals surface area contributed by atoms with Crippen LogP contribution in [0.2, 0.25) is 10.0 Å². The Bertz CT molecular complexity index is 626. The molecule has 3 N–H and O–H groups in total. The van der Waals surface area contributed by atoms with Crippen LogP contribution in [0.4, 0.5) is 11.4 Å². The molecular weight excluding hydrogens is 351 g/mol. The van der Waals surface area contributed by atoms with Gasteiger partial charge < -0.3 is 11.1 Å². The molecule has 3 nitrogen and oxygen atoms in total.